The Labute approximate surface area is 162 Å². The summed E-state index contributed by atoms with van der Waals surface area (Å²) >= 11 is 0. The van der Waals surface area contributed by atoms with Crippen molar-refractivity contribution < 1.29 is 9.72 Å². The summed E-state index contributed by atoms with van der Waals surface area (Å²) < 4.78 is 0. The SMILES string of the molecule is O=C(c1ccccc1[N+](=O)[O-])N1CCN(Cc2cccc3cccnc23)CC1. The van der Waals surface area contributed by atoms with Gasteiger partial charge in [-0.2, -0.15) is 0 Å². The smallest absolute Gasteiger partial charge is 0.282 e. The minimum absolute atomic E-state index is 0.142. The van der Waals surface area contributed by atoms with Crippen LogP contribution in [0.3, 0.4) is 0 Å². The molecule has 7 nitrogen and oxygen atoms in total. The van der Waals surface area contributed by atoms with Gasteiger partial charge in [-0.15, -0.1) is 0 Å². The fourth-order valence-electron chi connectivity index (χ4n) is 3.63. The second kappa shape index (κ2) is 7.74. The van der Waals surface area contributed by atoms with Gasteiger partial charge in [0.1, 0.15) is 5.56 Å². The number of nitro benzene ring substituents is 1. The number of carbonyl (C=O) groups excluding carboxylic acids is 1. The highest BCUT2D eigenvalue weighted by Gasteiger charge is 2.27. The average Bonchev–Trinajstić information content (AvgIpc) is 2.74. The van der Waals surface area contributed by atoms with Crippen LogP contribution in [-0.4, -0.2) is 51.8 Å². The van der Waals surface area contributed by atoms with Crippen molar-refractivity contribution in [3.63, 3.8) is 0 Å². The second-order valence-electron chi connectivity index (χ2n) is 6.83. The molecular weight excluding hydrogens is 356 g/mol. The number of fused-ring (bicyclic) bond motifs is 1. The number of para-hydroxylation sites is 2. The molecule has 142 valence electrons. The summed E-state index contributed by atoms with van der Waals surface area (Å²) in [5.74, 6) is -0.279. The van der Waals surface area contributed by atoms with Crippen LogP contribution >= 0.6 is 0 Å². The first-order chi connectivity index (χ1) is 13.6. The van der Waals surface area contributed by atoms with E-state index < -0.39 is 4.92 Å². The third-order valence-electron chi connectivity index (χ3n) is 5.10. The molecule has 0 unspecified atom stereocenters. The molecule has 1 aromatic heterocycles. The van der Waals surface area contributed by atoms with Crippen molar-refractivity contribution in [2.24, 2.45) is 0 Å². The van der Waals surface area contributed by atoms with E-state index in [1.54, 1.807) is 23.2 Å². The zero-order valence-corrected chi connectivity index (χ0v) is 15.3. The van der Waals surface area contributed by atoms with Crippen molar-refractivity contribution in [1.29, 1.82) is 0 Å². The molecule has 1 aliphatic heterocycles. The molecule has 1 fully saturated rings. The van der Waals surface area contributed by atoms with E-state index in [4.69, 9.17) is 0 Å². The highest BCUT2D eigenvalue weighted by Crippen LogP contribution is 2.22. The number of carbonyl (C=O) groups is 1. The standard InChI is InChI=1S/C21H20N4O3/c26-21(18-8-1-2-9-19(18)25(27)28)24-13-11-23(12-14-24)15-17-6-3-5-16-7-4-10-22-20(16)17/h1-10H,11-15H2. The lowest BCUT2D eigenvalue weighted by molar-refractivity contribution is -0.385. The number of hydrogen-bond acceptors (Lipinski definition) is 5. The van der Waals surface area contributed by atoms with Gasteiger partial charge in [-0.25, -0.2) is 0 Å². The number of hydrogen-bond donors (Lipinski definition) is 0. The zero-order chi connectivity index (χ0) is 19.5. The molecule has 1 saturated heterocycles. The predicted octanol–water partition coefficient (Wildman–Crippen LogP) is 3.10. The Hall–Kier alpha value is -3.32. The van der Waals surface area contributed by atoms with E-state index in [0.717, 1.165) is 36.1 Å². The molecule has 0 saturated carbocycles. The van der Waals surface area contributed by atoms with Gasteiger partial charge in [0.2, 0.25) is 0 Å². The first kappa shape index (κ1) is 18.1. The first-order valence-electron chi connectivity index (χ1n) is 9.21. The quantitative estimate of drug-likeness (QED) is 0.516. The third-order valence-corrected chi connectivity index (χ3v) is 5.10. The Morgan fingerprint density at radius 1 is 1.00 bits per heavy atom. The van der Waals surface area contributed by atoms with Crippen molar-refractivity contribution >= 4 is 22.5 Å². The van der Waals surface area contributed by atoms with E-state index >= 15 is 0 Å². The fraction of sp³-hybridized carbons (Fsp3) is 0.238. The normalized spacial score (nSPS) is 14.9. The zero-order valence-electron chi connectivity index (χ0n) is 15.3. The lowest BCUT2D eigenvalue weighted by atomic mass is 10.1. The van der Waals surface area contributed by atoms with Gasteiger partial charge in [0, 0.05) is 50.4 Å². The van der Waals surface area contributed by atoms with Crippen molar-refractivity contribution in [1.82, 2.24) is 14.8 Å². The van der Waals surface area contributed by atoms with E-state index in [1.165, 1.54) is 12.1 Å². The molecule has 28 heavy (non-hydrogen) atoms. The Bertz CT molecular complexity index is 1020. The summed E-state index contributed by atoms with van der Waals surface area (Å²) in [5, 5.41) is 12.3. The van der Waals surface area contributed by atoms with Gasteiger partial charge in [0.15, 0.2) is 0 Å². The average molecular weight is 376 g/mol. The Morgan fingerprint density at radius 3 is 2.54 bits per heavy atom. The summed E-state index contributed by atoms with van der Waals surface area (Å²) in [6.45, 7) is 3.29. The first-order valence-corrected chi connectivity index (χ1v) is 9.21. The molecule has 1 amide bonds. The summed E-state index contributed by atoms with van der Waals surface area (Å²) in [6, 6.07) is 16.3. The molecule has 0 bridgehead atoms. The van der Waals surface area contributed by atoms with E-state index in [0.29, 0.717) is 13.1 Å². The Morgan fingerprint density at radius 2 is 1.75 bits per heavy atom. The summed E-state index contributed by atoms with van der Waals surface area (Å²) in [5.41, 5.74) is 2.18. The van der Waals surface area contributed by atoms with Crippen LogP contribution in [0.15, 0.2) is 60.8 Å². The van der Waals surface area contributed by atoms with Gasteiger partial charge in [-0.1, -0.05) is 36.4 Å². The number of nitrogens with zero attached hydrogens (tertiary/aromatic N) is 4. The summed E-state index contributed by atoms with van der Waals surface area (Å²) in [7, 11) is 0. The largest absolute Gasteiger partial charge is 0.336 e. The van der Waals surface area contributed by atoms with Crippen molar-refractivity contribution in [3.8, 4) is 0 Å². The van der Waals surface area contributed by atoms with Crippen LogP contribution in [0, 0.1) is 10.1 Å². The molecule has 2 aromatic carbocycles. The molecule has 0 aliphatic carbocycles. The van der Waals surface area contributed by atoms with E-state index in [9.17, 15) is 14.9 Å². The van der Waals surface area contributed by atoms with Crippen LogP contribution in [0.4, 0.5) is 5.69 Å². The molecule has 0 N–H and O–H groups in total. The summed E-state index contributed by atoms with van der Waals surface area (Å²) in [4.78, 5) is 31.9. The van der Waals surface area contributed by atoms with Crippen LogP contribution in [0.25, 0.3) is 10.9 Å². The topological polar surface area (TPSA) is 79.6 Å². The second-order valence-corrected chi connectivity index (χ2v) is 6.83. The minimum atomic E-state index is -0.503. The molecular formula is C21H20N4O3. The maximum absolute atomic E-state index is 12.8. The van der Waals surface area contributed by atoms with Crippen LogP contribution in [-0.2, 0) is 6.54 Å². The lowest BCUT2D eigenvalue weighted by Crippen LogP contribution is -2.48. The van der Waals surface area contributed by atoms with Crippen LogP contribution in [0.2, 0.25) is 0 Å². The van der Waals surface area contributed by atoms with Crippen LogP contribution in [0.1, 0.15) is 15.9 Å². The Balaban J connectivity index is 1.44. The molecule has 2 heterocycles. The van der Waals surface area contributed by atoms with Crippen molar-refractivity contribution in [2.75, 3.05) is 26.2 Å². The van der Waals surface area contributed by atoms with Gasteiger partial charge in [-0.3, -0.25) is 24.8 Å². The predicted molar refractivity (Wildman–Crippen MR) is 106 cm³/mol. The number of amides is 1. The highest BCUT2D eigenvalue weighted by atomic mass is 16.6. The van der Waals surface area contributed by atoms with E-state index in [2.05, 4.69) is 28.1 Å². The van der Waals surface area contributed by atoms with Crippen LogP contribution in [0.5, 0.6) is 0 Å². The fourth-order valence-corrected chi connectivity index (χ4v) is 3.63. The van der Waals surface area contributed by atoms with Gasteiger partial charge in [0.05, 0.1) is 10.4 Å². The van der Waals surface area contributed by atoms with Crippen molar-refractivity contribution in [2.45, 2.75) is 6.54 Å². The van der Waals surface area contributed by atoms with Gasteiger partial charge >= 0.3 is 0 Å². The van der Waals surface area contributed by atoms with E-state index in [1.807, 2.05) is 12.1 Å². The molecule has 0 atom stereocenters. The maximum Gasteiger partial charge on any atom is 0.282 e. The van der Waals surface area contributed by atoms with Crippen LogP contribution < -0.4 is 0 Å². The molecule has 1 aliphatic rings. The number of nitro groups is 1. The molecule has 4 rings (SSSR count). The monoisotopic (exact) mass is 376 g/mol. The lowest BCUT2D eigenvalue weighted by Gasteiger charge is -2.34. The number of rotatable bonds is 4. The van der Waals surface area contributed by atoms with Gasteiger partial charge in [-0.05, 0) is 17.7 Å². The highest BCUT2D eigenvalue weighted by molar-refractivity contribution is 5.98. The Kier molecular flexibility index (Phi) is 4.99. The number of piperazine rings is 1. The number of benzene rings is 2. The minimum Gasteiger partial charge on any atom is -0.336 e. The van der Waals surface area contributed by atoms with Gasteiger partial charge < -0.3 is 4.90 Å². The molecule has 0 radical (unpaired) electrons. The summed E-state index contributed by atoms with van der Waals surface area (Å²) in [6.07, 6.45) is 1.80. The van der Waals surface area contributed by atoms with Gasteiger partial charge in [0.25, 0.3) is 11.6 Å². The molecule has 3 aromatic rings. The molecule has 0 spiro atoms. The molecule has 7 heteroatoms. The number of aromatic nitrogens is 1. The number of pyridine rings is 1. The van der Waals surface area contributed by atoms with Crippen molar-refractivity contribution in [3.05, 3.63) is 82.0 Å². The third kappa shape index (κ3) is 3.57. The maximum atomic E-state index is 12.8. The van der Waals surface area contributed by atoms with E-state index in [-0.39, 0.29) is 17.2 Å².